The normalized spacial score (nSPS) is 18.5. The maximum absolute atomic E-state index is 12.7. The van der Waals surface area contributed by atoms with Crippen molar-refractivity contribution in [3.8, 4) is 0 Å². The van der Waals surface area contributed by atoms with Crippen molar-refractivity contribution in [2.45, 2.75) is 25.9 Å². The Bertz CT molecular complexity index is 1220. The first-order chi connectivity index (χ1) is 17.4. The molecule has 8 heteroatoms. The smallest absolute Gasteiger partial charge is 0.255 e. The van der Waals surface area contributed by atoms with Gasteiger partial charge in [-0.2, -0.15) is 0 Å². The third-order valence-corrected chi connectivity index (χ3v) is 6.05. The van der Waals surface area contributed by atoms with Gasteiger partial charge in [-0.1, -0.05) is 0 Å². The minimum Gasteiger partial charge on any atom is -0.366 e. The molecule has 0 radical (unpaired) electrons. The average molecular weight is 481 g/mol. The molecule has 36 heavy (non-hydrogen) atoms. The molecule has 0 bridgehead atoms. The summed E-state index contributed by atoms with van der Waals surface area (Å²) in [5, 5.41) is 12.4. The number of hydrogen-bond acceptors (Lipinski definition) is 6. The number of aliphatic imine (C=N–C) groups is 2. The zero-order chi connectivity index (χ0) is 25.1. The SMILES string of the molecule is C[C@@H]1CN=C(c2ccc(NC(=O)c3ccc(C(=O)Nc4ccc(C5=NC[C@@H](C)N5)cc4)cc3)cc2)N1. The minimum atomic E-state index is -0.243. The second kappa shape index (κ2) is 10.0. The van der Waals surface area contributed by atoms with E-state index in [0.29, 0.717) is 34.6 Å². The number of amidine groups is 2. The summed E-state index contributed by atoms with van der Waals surface area (Å²) in [4.78, 5) is 34.3. The Labute approximate surface area is 209 Å². The van der Waals surface area contributed by atoms with E-state index in [1.165, 1.54) is 0 Å². The van der Waals surface area contributed by atoms with Crippen LogP contribution in [0.25, 0.3) is 0 Å². The van der Waals surface area contributed by atoms with Crippen LogP contribution >= 0.6 is 0 Å². The summed E-state index contributed by atoms with van der Waals surface area (Å²) < 4.78 is 0. The van der Waals surface area contributed by atoms with Crippen molar-refractivity contribution < 1.29 is 9.59 Å². The van der Waals surface area contributed by atoms with Crippen molar-refractivity contribution in [2.75, 3.05) is 23.7 Å². The zero-order valence-electron chi connectivity index (χ0n) is 20.2. The van der Waals surface area contributed by atoms with Gasteiger partial charge in [0.1, 0.15) is 11.7 Å². The lowest BCUT2D eigenvalue weighted by Crippen LogP contribution is -2.27. The third-order valence-electron chi connectivity index (χ3n) is 6.05. The number of carbonyl (C=O) groups is 2. The molecule has 0 spiro atoms. The van der Waals surface area contributed by atoms with Crippen molar-refractivity contribution >= 4 is 34.9 Å². The monoisotopic (exact) mass is 480 g/mol. The van der Waals surface area contributed by atoms with Gasteiger partial charge in [-0.05, 0) is 86.6 Å². The highest BCUT2D eigenvalue weighted by Crippen LogP contribution is 2.16. The molecular formula is C28H28N6O2. The maximum atomic E-state index is 12.7. The molecule has 182 valence electrons. The van der Waals surface area contributed by atoms with Crippen molar-refractivity contribution in [3.05, 3.63) is 95.1 Å². The number of amides is 2. The molecule has 3 aromatic rings. The molecule has 0 saturated carbocycles. The number of nitrogens with one attached hydrogen (secondary N) is 4. The van der Waals surface area contributed by atoms with Crippen LogP contribution in [0.15, 0.2) is 82.8 Å². The van der Waals surface area contributed by atoms with Gasteiger partial charge in [0.2, 0.25) is 0 Å². The first-order valence-corrected chi connectivity index (χ1v) is 12.0. The van der Waals surface area contributed by atoms with E-state index in [-0.39, 0.29) is 11.8 Å². The van der Waals surface area contributed by atoms with Crippen LogP contribution in [0, 0.1) is 0 Å². The molecule has 3 aromatic carbocycles. The number of carbonyl (C=O) groups excluding carboxylic acids is 2. The van der Waals surface area contributed by atoms with Crippen LogP contribution in [-0.4, -0.2) is 48.7 Å². The highest BCUT2D eigenvalue weighted by Gasteiger charge is 2.16. The molecule has 5 rings (SSSR count). The molecule has 4 N–H and O–H groups in total. The van der Waals surface area contributed by atoms with Gasteiger partial charge >= 0.3 is 0 Å². The quantitative estimate of drug-likeness (QED) is 0.432. The van der Waals surface area contributed by atoms with Gasteiger partial charge in [0.05, 0.1) is 13.1 Å². The van der Waals surface area contributed by atoms with E-state index in [4.69, 9.17) is 0 Å². The van der Waals surface area contributed by atoms with Gasteiger partial charge in [-0.15, -0.1) is 0 Å². The Morgan fingerprint density at radius 2 is 1.00 bits per heavy atom. The Morgan fingerprint density at radius 1 is 0.639 bits per heavy atom. The van der Waals surface area contributed by atoms with Crippen molar-refractivity contribution in [1.29, 1.82) is 0 Å². The van der Waals surface area contributed by atoms with E-state index < -0.39 is 0 Å². The van der Waals surface area contributed by atoms with Gasteiger partial charge in [0.25, 0.3) is 11.8 Å². The first kappa shape index (κ1) is 23.3. The minimum absolute atomic E-state index is 0.243. The number of benzene rings is 3. The average Bonchev–Trinajstić information content (AvgIpc) is 3.53. The van der Waals surface area contributed by atoms with Crippen LogP contribution in [-0.2, 0) is 0 Å². The van der Waals surface area contributed by atoms with Crippen LogP contribution < -0.4 is 21.3 Å². The highest BCUT2D eigenvalue weighted by molar-refractivity contribution is 6.08. The molecule has 8 nitrogen and oxygen atoms in total. The zero-order valence-corrected chi connectivity index (χ0v) is 20.2. The molecule has 2 amide bonds. The summed E-state index contributed by atoms with van der Waals surface area (Å²) in [6, 6.07) is 22.4. The van der Waals surface area contributed by atoms with E-state index in [9.17, 15) is 9.59 Å². The molecule has 2 aliphatic heterocycles. The Balaban J connectivity index is 1.16. The maximum Gasteiger partial charge on any atom is 0.255 e. The Kier molecular flexibility index (Phi) is 6.49. The van der Waals surface area contributed by atoms with Crippen LogP contribution in [0.4, 0.5) is 11.4 Å². The Morgan fingerprint density at radius 3 is 1.31 bits per heavy atom. The summed E-state index contributed by atoms with van der Waals surface area (Å²) in [6.07, 6.45) is 0. The van der Waals surface area contributed by atoms with E-state index >= 15 is 0 Å². The van der Waals surface area contributed by atoms with Gasteiger partial charge in [0.15, 0.2) is 0 Å². The van der Waals surface area contributed by atoms with Gasteiger partial charge in [-0.25, -0.2) is 0 Å². The second-order valence-electron chi connectivity index (χ2n) is 9.11. The van der Waals surface area contributed by atoms with Gasteiger partial charge in [0, 0.05) is 45.7 Å². The summed E-state index contributed by atoms with van der Waals surface area (Å²) in [7, 11) is 0. The molecule has 0 aliphatic carbocycles. The van der Waals surface area contributed by atoms with E-state index in [0.717, 1.165) is 35.9 Å². The topological polar surface area (TPSA) is 107 Å². The lowest BCUT2D eigenvalue weighted by Gasteiger charge is -2.10. The molecule has 0 saturated heterocycles. The molecule has 0 fully saturated rings. The van der Waals surface area contributed by atoms with Gasteiger partial charge < -0.3 is 21.3 Å². The van der Waals surface area contributed by atoms with E-state index in [1.54, 1.807) is 24.3 Å². The van der Waals surface area contributed by atoms with Crippen LogP contribution in [0.2, 0.25) is 0 Å². The number of anilines is 2. The number of nitrogens with zero attached hydrogens (tertiary/aromatic N) is 2. The lowest BCUT2D eigenvalue weighted by molar-refractivity contribution is 0.101. The molecule has 0 aromatic heterocycles. The molecular weight excluding hydrogens is 452 g/mol. The highest BCUT2D eigenvalue weighted by atomic mass is 16.2. The second-order valence-corrected chi connectivity index (χ2v) is 9.11. The largest absolute Gasteiger partial charge is 0.366 e. The fourth-order valence-corrected chi connectivity index (χ4v) is 4.06. The van der Waals surface area contributed by atoms with E-state index in [2.05, 4.69) is 45.1 Å². The lowest BCUT2D eigenvalue weighted by atomic mass is 10.1. The van der Waals surface area contributed by atoms with Crippen LogP contribution in [0.3, 0.4) is 0 Å². The van der Waals surface area contributed by atoms with Crippen LogP contribution in [0.5, 0.6) is 0 Å². The summed E-state index contributed by atoms with van der Waals surface area (Å²) in [5.74, 6) is 1.26. The number of rotatable bonds is 6. The first-order valence-electron chi connectivity index (χ1n) is 12.0. The molecule has 0 unspecified atom stereocenters. The molecule has 2 aliphatic rings. The standard InChI is InChI=1S/C28H28N6O2/c1-17-15-29-25(31-17)19-7-11-23(12-8-19)33-27(35)21-3-5-22(6-4-21)28(36)34-24-13-9-20(10-14-24)26-30-16-18(2)32-26/h3-14,17-18H,15-16H2,1-2H3,(H,29,31)(H,30,32)(H,33,35)(H,34,36)/t17-,18-/m1/s1. The third kappa shape index (κ3) is 5.27. The predicted octanol–water partition coefficient (Wildman–Crippen LogP) is 3.67. The van der Waals surface area contributed by atoms with Crippen molar-refractivity contribution in [1.82, 2.24) is 10.6 Å². The molecule has 2 heterocycles. The summed E-state index contributed by atoms with van der Waals surface area (Å²) in [6.45, 7) is 5.70. The Hall–Kier alpha value is -4.46. The van der Waals surface area contributed by atoms with Crippen molar-refractivity contribution in [3.63, 3.8) is 0 Å². The summed E-state index contributed by atoms with van der Waals surface area (Å²) in [5.41, 5.74) is 4.29. The summed E-state index contributed by atoms with van der Waals surface area (Å²) >= 11 is 0. The van der Waals surface area contributed by atoms with Crippen LogP contribution in [0.1, 0.15) is 45.7 Å². The molecule has 2 atom stereocenters. The number of hydrogen-bond donors (Lipinski definition) is 4. The predicted molar refractivity (Wildman–Crippen MR) is 143 cm³/mol. The van der Waals surface area contributed by atoms with Crippen molar-refractivity contribution in [2.24, 2.45) is 9.98 Å². The van der Waals surface area contributed by atoms with E-state index in [1.807, 2.05) is 48.5 Å². The van der Waals surface area contributed by atoms with Gasteiger partial charge in [-0.3, -0.25) is 19.6 Å². The fraction of sp³-hybridized carbons (Fsp3) is 0.214. The fourth-order valence-electron chi connectivity index (χ4n) is 4.06.